The molecule has 20 heavy (non-hydrogen) atoms. The minimum atomic E-state index is -0.942. The maximum Gasteiger partial charge on any atom is 0.317 e. The zero-order valence-corrected chi connectivity index (χ0v) is 11.8. The molecule has 1 unspecified atom stereocenters. The van der Waals surface area contributed by atoms with Gasteiger partial charge in [0.25, 0.3) is 0 Å². The molecule has 2 N–H and O–H groups in total. The number of carboxylic acid groups (broad SMARTS) is 1. The van der Waals surface area contributed by atoms with Crippen molar-refractivity contribution in [2.45, 2.75) is 19.4 Å². The number of amides is 2. The Hall–Kier alpha value is -1.60. The van der Waals surface area contributed by atoms with Gasteiger partial charge in [-0.2, -0.15) is 0 Å². The quantitative estimate of drug-likeness (QED) is 0.524. The number of carbonyl (C=O) groups excluding carboxylic acids is 1. The molecule has 1 aliphatic heterocycles. The first kappa shape index (κ1) is 16.5. The molecule has 1 fully saturated rings. The van der Waals surface area contributed by atoms with Gasteiger partial charge >= 0.3 is 12.0 Å². The number of carboxylic acids is 1. The van der Waals surface area contributed by atoms with E-state index in [-0.39, 0.29) is 19.1 Å². The molecule has 2 amide bonds. The van der Waals surface area contributed by atoms with Crippen molar-refractivity contribution in [3.05, 3.63) is 12.2 Å². The maximum atomic E-state index is 12.0. The number of nitrogens with one attached hydrogen (secondary N) is 1. The number of nitrogens with zero attached hydrogens (tertiary/aromatic N) is 1. The van der Waals surface area contributed by atoms with Gasteiger partial charge in [0.2, 0.25) is 0 Å². The maximum absolute atomic E-state index is 12.0. The lowest BCUT2D eigenvalue weighted by Gasteiger charge is -2.34. The Morgan fingerprint density at radius 2 is 2.30 bits per heavy atom. The monoisotopic (exact) mass is 286 g/mol. The van der Waals surface area contributed by atoms with E-state index in [4.69, 9.17) is 14.6 Å². The molecule has 114 valence electrons. The zero-order valence-electron chi connectivity index (χ0n) is 11.8. The SMILES string of the molecule is C=C(C)COCCNC(=O)N1CCOCC1CC(=O)O. The highest BCUT2D eigenvalue weighted by molar-refractivity contribution is 5.76. The molecule has 0 saturated carbocycles. The highest BCUT2D eigenvalue weighted by Gasteiger charge is 2.28. The lowest BCUT2D eigenvalue weighted by molar-refractivity contribution is -0.139. The van der Waals surface area contributed by atoms with Crippen molar-refractivity contribution in [2.24, 2.45) is 0 Å². The van der Waals surface area contributed by atoms with Crippen molar-refractivity contribution in [1.29, 1.82) is 0 Å². The van der Waals surface area contributed by atoms with E-state index >= 15 is 0 Å². The Bertz CT molecular complexity index is 359. The Morgan fingerprint density at radius 1 is 1.55 bits per heavy atom. The van der Waals surface area contributed by atoms with Gasteiger partial charge in [-0.05, 0) is 6.92 Å². The second-order valence-corrected chi connectivity index (χ2v) is 4.76. The number of aliphatic carboxylic acids is 1. The predicted molar refractivity (Wildman–Crippen MR) is 72.6 cm³/mol. The van der Waals surface area contributed by atoms with E-state index in [1.54, 1.807) is 0 Å². The van der Waals surface area contributed by atoms with Crippen LogP contribution in [0.25, 0.3) is 0 Å². The first-order valence-electron chi connectivity index (χ1n) is 6.57. The first-order valence-corrected chi connectivity index (χ1v) is 6.57. The van der Waals surface area contributed by atoms with E-state index in [0.717, 1.165) is 5.57 Å². The second-order valence-electron chi connectivity index (χ2n) is 4.76. The molecule has 7 heteroatoms. The smallest absolute Gasteiger partial charge is 0.317 e. The second kappa shape index (κ2) is 8.55. The highest BCUT2D eigenvalue weighted by atomic mass is 16.5. The molecule has 1 atom stereocenters. The van der Waals surface area contributed by atoms with Crippen LogP contribution in [-0.2, 0) is 14.3 Å². The van der Waals surface area contributed by atoms with E-state index in [1.807, 2.05) is 6.92 Å². The first-order chi connectivity index (χ1) is 9.50. The molecule has 1 rings (SSSR count). The van der Waals surface area contributed by atoms with Gasteiger partial charge in [-0.25, -0.2) is 4.79 Å². The average Bonchev–Trinajstić information content (AvgIpc) is 2.37. The number of ether oxygens (including phenoxy) is 2. The molecule has 1 saturated heterocycles. The van der Waals surface area contributed by atoms with Crippen molar-refractivity contribution in [3.8, 4) is 0 Å². The minimum Gasteiger partial charge on any atom is -0.481 e. The minimum absolute atomic E-state index is 0.112. The predicted octanol–water partition coefficient (Wildman–Crippen LogP) is 0.464. The fourth-order valence-corrected chi connectivity index (χ4v) is 1.87. The molecule has 0 bridgehead atoms. The van der Waals surface area contributed by atoms with Gasteiger partial charge < -0.3 is 24.8 Å². The molecular formula is C13H22N2O5. The van der Waals surface area contributed by atoms with Gasteiger partial charge in [0, 0.05) is 13.1 Å². The van der Waals surface area contributed by atoms with Crippen LogP contribution in [0.15, 0.2) is 12.2 Å². The van der Waals surface area contributed by atoms with Gasteiger partial charge in [0.1, 0.15) is 0 Å². The van der Waals surface area contributed by atoms with Gasteiger partial charge in [-0.3, -0.25) is 4.79 Å². The van der Waals surface area contributed by atoms with Crippen LogP contribution < -0.4 is 5.32 Å². The summed E-state index contributed by atoms with van der Waals surface area (Å²) >= 11 is 0. The molecular weight excluding hydrogens is 264 g/mol. The van der Waals surface area contributed by atoms with Gasteiger partial charge in [0.15, 0.2) is 0 Å². The molecule has 0 aromatic carbocycles. The lowest BCUT2D eigenvalue weighted by atomic mass is 10.1. The van der Waals surface area contributed by atoms with Crippen LogP contribution in [0.2, 0.25) is 0 Å². The third-order valence-electron chi connectivity index (χ3n) is 2.77. The summed E-state index contributed by atoms with van der Waals surface area (Å²) in [6, 6.07) is -0.698. The standard InChI is InChI=1S/C13H22N2O5/c1-10(2)8-19-5-3-14-13(18)15-4-6-20-9-11(15)7-12(16)17/h11H,1,3-9H2,2H3,(H,14,18)(H,16,17). The van der Waals surface area contributed by atoms with E-state index < -0.39 is 12.0 Å². The lowest BCUT2D eigenvalue weighted by Crippen LogP contribution is -2.53. The van der Waals surface area contributed by atoms with Gasteiger partial charge in [-0.1, -0.05) is 12.2 Å². The summed E-state index contributed by atoms with van der Waals surface area (Å²) in [6.07, 6.45) is -0.112. The number of morpholine rings is 1. The Labute approximate surface area is 118 Å². The molecule has 0 radical (unpaired) electrons. The molecule has 1 heterocycles. The van der Waals surface area contributed by atoms with Crippen LogP contribution in [0.3, 0.4) is 0 Å². The summed E-state index contributed by atoms with van der Waals surface area (Å²) in [4.78, 5) is 24.2. The normalized spacial score (nSPS) is 18.6. The van der Waals surface area contributed by atoms with Crippen molar-refractivity contribution in [1.82, 2.24) is 10.2 Å². The van der Waals surface area contributed by atoms with Crippen molar-refractivity contribution in [3.63, 3.8) is 0 Å². The fraction of sp³-hybridized carbons (Fsp3) is 0.692. The summed E-state index contributed by atoms with van der Waals surface area (Å²) in [5.74, 6) is -0.942. The van der Waals surface area contributed by atoms with Crippen LogP contribution in [0, 0.1) is 0 Å². The summed E-state index contributed by atoms with van der Waals surface area (Å²) in [6.45, 7) is 7.89. The molecule has 0 aliphatic carbocycles. The number of rotatable bonds is 7. The Balaban J connectivity index is 2.31. The topological polar surface area (TPSA) is 88.1 Å². The van der Waals surface area contributed by atoms with Gasteiger partial charge in [-0.15, -0.1) is 0 Å². The van der Waals surface area contributed by atoms with E-state index in [0.29, 0.717) is 32.9 Å². The fourth-order valence-electron chi connectivity index (χ4n) is 1.87. The third-order valence-corrected chi connectivity index (χ3v) is 2.77. The van der Waals surface area contributed by atoms with Crippen LogP contribution in [-0.4, -0.2) is 67.6 Å². The van der Waals surface area contributed by atoms with Crippen molar-refractivity contribution in [2.75, 3.05) is 39.5 Å². The Morgan fingerprint density at radius 3 is 2.95 bits per heavy atom. The summed E-state index contributed by atoms with van der Waals surface area (Å²) in [5.41, 5.74) is 0.922. The Kier molecular flexibility index (Phi) is 7.03. The molecule has 0 aromatic heterocycles. The van der Waals surface area contributed by atoms with Crippen molar-refractivity contribution < 1.29 is 24.2 Å². The summed E-state index contributed by atoms with van der Waals surface area (Å²) < 4.78 is 10.5. The number of carbonyl (C=O) groups is 2. The van der Waals surface area contributed by atoms with Crippen LogP contribution in [0.5, 0.6) is 0 Å². The number of hydrogen-bond donors (Lipinski definition) is 2. The van der Waals surface area contributed by atoms with E-state index in [9.17, 15) is 9.59 Å². The van der Waals surface area contributed by atoms with Crippen molar-refractivity contribution >= 4 is 12.0 Å². The van der Waals surface area contributed by atoms with Gasteiger partial charge in [0.05, 0.1) is 38.9 Å². The van der Waals surface area contributed by atoms with E-state index in [2.05, 4.69) is 11.9 Å². The molecule has 7 nitrogen and oxygen atoms in total. The van der Waals surface area contributed by atoms with Crippen LogP contribution in [0.4, 0.5) is 4.79 Å². The highest BCUT2D eigenvalue weighted by Crippen LogP contribution is 2.10. The summed E-state index contributed by atoms with van der Waals surface area (Å²) in [7, 11) is 0. The number of urea groups is 1. The molecule has 0 spiro atoms. The average molecular weight is 286 g/mol. The molecule has 0 aromatic rings. The third kappa shape index (κ3) is 6.03. The molecule has 1 aliphatic rings. The zero-order chi connectivity index (χ0) is 15.0. The number of hydrogen-bond acceptors (Lipinski definition) is 4. The largest absolute Gasteiger partial charge is 0.481 e. The van der Waals surface area contributed by atoms with Crippen LogP contribution in [0.1, 0.15) is 13.3 Å². The van der Waals surface area contributed by atoms with Crippen LogP contribution >= 0.6 is 0 Å². The van der Waals surface area contributed by atoms with E-state index in [1.165, 1.54) is 4.90 Å². The summed E-state index contributed by atoms with van der Waals surface area (Å²) in [5, 5.41) is 11.5.